The highest BCUT2D eigenvalue weighted by Gasteiger charge is 2.63. The van der Waals surface area contributed by atoms with Crippen LogP contribution < -0.4 is 5.73 Å². The quantitative estimate of drug-likeness (QED) is 0.358. The zero-order chi connectivity index (χ0) is 21.5. The second kappa shape index (κ2) is 5.68. The number of carbonyl (C=O) groups is 3. The summed E-state index contributed by atoms with van der Waals surface area (Å²) in [6, 6.07) is 4.22. The summed E-state index contributed by atoms with van der Waals surface area (Å²) < 4.78 is 0. The number of aliphatic hydroxyl groups is 4. The van der Waals surface area contributed by atoms with Crippen molar-refractivity contribution in [3.8, 4) is 5.75 Å². The summed E-state index contributed by atoms with van der Waals surface area (Å²) >= 11 is 0. The van der Waals surface area contributed by atoms with Crippen molar-refractivity contribution in [2.75, 3.05) is 0 Å². The molecule has 2 unspecified atom stereocenters. The second-order valence-corrected chi connectivity index (χ2v) is 7.91. The summed E-state index contributed by atoms with van der Waals surface area (Å²) in [4.78, 5) is 37.2. The van der Waals surface area contributed by atoms with Crippen LogP contribution in [0, 0.1) is 11.8 Å². The Labute approximate surface area is 164 Å². The van der Waals surface area contributed by atoms with Crippen molar-refractivity contribution in [1.82, 2.24) is 0 Å². The highest BCUT2D eigenvalue weighted by molar-refractivity contribution is 6.22. The molecule has 3 aliphatic rings. The van der Waals surface area contributed by atoms with E-state index in [0.29, 0.717) is 0 Å². The smallest absolute Gasteiger partial charge is 0.255 e. The van der Waals surface area contributed by atoms with Gasteiger partial charge in [-0.25, -0.2) is 0 Å². The van der Waals surface area contributed by atoms with Gasteiger partial charge in [-0.2, -0.15) is 0 Å². The van der Waals surface area contributed by atoms with E-state index in [-0.39, 0.29) is 23.3 Å². The minimum Gasteiger partial charge on any atom is -0.508 e. The average Bonchev–Trinajstić information content (AvgIpc) is 2.62. The Morgan fingerprint density at radius 1 is 1.17 bits per heavy atom. The minimum absolute atomic E-state index is 0.147. The van der Waals surface area contributed by atoms with Crippen molar-refractivity contribution < 1.29 is 39.9 Å². The Morgan fingerprint density at radius 3 is 2.45 bits per heavy atom. The Hall–Kier alpha value is -3.17. The van der Waals surface area contributed by atoms with Crippen LogP contribution in [0.1, 0.15) is 30.9 Å². The first-order valence-corrected chi connectivity index (χ1v) is 8.96. The molecule has 152 valence electrons. The van der Waals surface area contributed by atoms with Crippen molar-refractivity contribution in [1.29, 1.82) is 0 Å². The van der Waals surface area contributed by atoms with Gasteiger partial charge in [0.05, 0.1) is 11.2 Å². The number of aromatic hydroxyl groups is 1. The molecule has 1 aromatic carbocycles. The van der Waals surface area contributed by atoms with Gasteiger partial charge in [0.2, 0.25) is 5.78 Å². The third-order valence-corrected chi connectivity index (χ3v) is 6.36. The third kappa shape index (κ3) is 2.19. The van der Waals surface area contributed by atoms with Gasteiger partial charge in [0.25, 0.3) is 5.91 Å². The number of carbonyl (C=O) groups excluding carboxylic acids is 3. The summed E-state index contributed by atoms with van der Waals surface area (Å²) in [5.41, 5.74) is -0.491. The molecule has 4 rings (SSSR count). The van der Waals surface area contributed by atoms with Crippen LogP contribution in [0.25, 0.3) is 5.76 Å². The predicted molar refractivity (Wildman–Crippen MR) is 97.3 cm³/mol. The molecular weight excluding hydrogens is 382 g/mol. The van der Waals surface area contributed by atoms with E-state index in [1.165, 1.54) is 25.1 Å². The number of fused-ring (bicyclic) bond motifs is 3. The molecule has 0 saturated heterocycles. The number of Topliss-reactive ketones (excluding diaryl/α,β-unsaturated/α-hetero) is 2. The van der Waals surface area contributed by atoms with Gasteiger partial charge in [-0.3, -0.25) is 14.4 Å². The number of amides is 1. The van der Waals surface area contributed by atoms with E-state index in [1.54, 1.807) is 0 Å². The number of primary amides is 1. The van der Waals surface area contributed by atoms with E-state index in [9.17, 15) is 39.9 Å². The van der Waals surface area contributed by atoms with Gasteiger partial charge >= 0.3 is 0 Å². The molecule has 3 aliphatic carbocycles. The zero-order valence-corrected chi connectivity index (χ0v) is 15.3. The first-order chi connectivity index (χ1) is 13.4. The molecule has 0 aliphatic heterocycles. The van der Waals surface area contributed by atoms with Crippen LogP contribution in [0.2, 0.25) is 0 Å². The molecule has 9 nitrogen and oxygen atoms in total. The van der Waals surface area contributed by atoms with Crippen LogP contribution in [0.5, 0.6) is 5.75 Å². The van der Waals surface area contributed by atoms with Gasteiger partial charge in [0.1, 0.15) is 22.8 Å². The Kier molecular flexibility index (Phi) is 3.75. The molecule has 1 fully saturated rings. The molecule has 9 heteroatoms. The maximum Gasteiger partial charge on any atom is 0.255 e. The lowest BCUT2D eigenvalue weighted by atomic mass is 9.56. The predicted octanol–water partition coefficient (Wildman–Crippen LogP) is 0.0889. The van der Waals surface area contributed by atoms with Crippen molar-refractivity contribution in [2.24, 2.45) is 17.6 Å². The van der Waals surface area contributed by atoms with Gasteiger partial charge < -0.3 is 31.3 Å². The van der Waals surface area contributed by atoms with Gasteiger partial charge in [-0.1, -0.05) is 12.1 Å². The Bertz CT molecular complexity index is 1070. The Balaban J connectivity index is 2.01. The van der Waals surface area contributed by atoms with E-state index >= 15 is 0 Å². The molecule has 0 bridgehead atoms. The first kappa shape index (κ1) is 19.2. The SMILES string of the molecule is CC1(O)c2cccc(O)c2C(O)=C2C(=O)[C@]3(O)C(O)=C(C(N)=O)C(=O)C[C@@H]3CC21. The highest BCUT2D eigenvalue weighted by Crippen LogP contribution is 2.56. The van der Waals surface area contributed by atoms with E-state index in [2.05, 4.69) is 0 Å². The fraction of sp³-hybridized carbons (Fsp3) is 0.350. The van der Waals surface area contributed by atoms with Crippen molar-refractivity contribution in [2.45, 2.75) is 31.0 Å². The Morgan fingerprint density at radius 2 is 1.83 bits per heavy atom. The van der Waals surface area contributed by atoms with Crippen LogP contribution in [-0.2, 0) is 20.0 Å². The lowest BCUT2D eigenvalue weighted by molar-refractivity contribution is -0.152. The third-order valence-electron chi connectivity index (χ3n) is 6.36. The van der Waals surface area contributed by atoms with E-state index in [1.807, 2.05) is 0 Å². The summed E-state index contributed by atoms with van der Waals surface area (Å²) in [6.07, 6.45) is -0.594. The van der Waals surface area contributed by atoms with Gasteiger partial charge in [0.15, 0.2) is 11.4 Å². The maximum atomic E-state index is 13.3. The topological polar surface area (TPSA) is 178 Å². The number of ketones is 2. The summed E-state index contributed by atoms with van der Waals surface area (Å²) in [5.74, 6) is -7.61. The number of hydrogen-bond donors (Lipinski definition) is 6. The first-order valence-electron chi connectivity index (χ1n) is 8.96. The second-order valence-electron chi connectivity index (χ2n) is 7.91. The van der Waals surface area contributed by atoms with Gasteiger partial charge in [-0.15, -0.1) is 0 Å². The normalized spacial score (nSPS) is 33.9. The van der Waals surface area contributed by atoms with Gasteiger partial charge in [-0.05, 0) is 25.0 Å². The molecule has 1 amide bonds. The molecule has 1 aromatic rings. The fourth-order valence-corrected chi connectivity index (χ4v) is 4.87. The van der Waals surface area contributed by atoms with E-state index in [0.717, 1.165) is 0 Å². The summed E-state index contributed by atoms with van der Waals surface area (Å²) in [7, 11) is 0. The molecule has 4 atom stereocenters. The number of aliphatic hydroxyl groups excluding tert-OH is 2. The number of phenolic OH excluding ortho intramolecular Hbond substituents is 1. The molecule has 0 spiro atoms. The number of rotatable bonds is 1. The lowest BCUT2D eigenvalue weighted by Gasteiger charge is -2.50. The molecule has 29 heavy (non-hydrogen) atoms. The zero-order valence-electron chi connectivity index (χ0n) is 15.3. The number of hydrogen-bond acceptors (Lipinski definition) is 8. The van der Waals surface area contributed by atoms with Crippen LogP contribution in [0.4, 0.5) is 0 Å². The van der Waals surface area contributed by atoms with Crippen LogP contribution in [-0.4, -0.2) is 48.6 Å². The van der Waals surface area contributed by atoms with E-state index < -0.39 is 69.6 Å². The monoisotopic (exact) mass is 401 g/mol. The van der Waals surface area contributed by atoms with E-state index in [4.69, 9.17) is 5.73 Å². The standard InChI is InChI=1S/C20H19NO8/c1-19(28)8-3-2-4-10(22)12(8)15(24)13-9(19)5-7-6-11(23)14(18(21)27)17(26)20(7,29)16(13)25/h2-4,7,9,22,24,26,28-29H,5-6H2,1H3,(H2,21,27)/t7-,9?,19?,20-/m0/s1. The molecule has 1 saturated carbocycles. The van der Waals surface area contributed by atoms with Crippen LogP contribution in [0.3, 0.4) is 0 Å². The minimum atomic E-state index is -2.66. The maximum absolute atomic E-state index is 13.3. The fourth-order valence-electron chi connectivity index (χ4n) is 4.87. The number of phenols is 1. The van der Waals surface area contributed by atoms with Crippen LogP contribution in [0.15, 0.2) is 35.1 Å². The average molecular weight is 401 g/mol. The number of nitrogens with two attached hydrogens (primary N) is 1. The molecule has 7 N–H and O–H groups in total. The molecule has 0 radical (unpaired) electrons. The molecular formula is C20H19NO8. The highest BCUT2D eigenvalue weighted by atomic mass is 16.3. The van der Waals surface area contributed by atoms with Crippen molar-refractivity contribution >= 4 is 23.2 Å². The lowest BCUT2D eigenvalue weighted by Crippen LogP contribution is -2.60. The molecule has 0 aromatic heterocycles. The van der Waals surface area contributed by atoms with Gasteiger partial charge in [0, 0.05) is 23.8 Å². The summed E-state index contributed by atoms with van der Waals surface area (Å²) in [5, 5.41) is 53.7. The summed E-state index contributed by atoms with van der Waals surface area (Å²) in [6.45, 7) is 1.40. The molecule has 0 heterocycles. The van der Waals surface area contributed by atoms with Crippen molar-refractivity contribution in [3.05, 3.63) is 46.2 Å². The largest absolute Gasteiger partial charge is 0.508 e. The van der Waals surface area contributed by atoms with Crippen molar-refractivity contribution in [3.63, 3.8) is 0 Å². The number of benzene rings is 1. The van der Waals surface area contributed by atoms with Crippen LogP contribution >= 0.6 is 0 Å².